The maximum atomic E-state index is 14.0. The van der Waals surface area contributed by atoms with E-state index in [-0.39, 0.29) is 37.6 Å². The van der Waals surface area contributed by atoms with Gasteiger partial charge in [0.15, 0.2) is 17.6 Å². The fourth-order valence-electron chi connectivity index (χ4n) is 7.65. The van der Waals surface area contributed by atoms with Gasteiger partial charge in [-0.2, -0.15) is 0 Å². The van der Waals surface area contributed by atoms with Crippen LogP contribution in [0.5, 0.6) is 11.5 Å². The molecule has 0 saturated carbocycles. The molecule has 4 aliphatic heterocycles. The molecule has 12 heteroatoms. The molecule has 6 rings (SSSR count). The topological polar surface area (TPSA) is 118 Å². The van der Waals surface area contributed by atoms with Gasteiger partial charge in [-0.3, -0.25) is 9.69 Å². The predicted molar refractivity (Wildman–Crippen MR) is 189 cm³/mol. The van der Waals surface area contributed by atoms with Gasteiger partial charge < -0.3 is 39.5 Å². The van der Waals surface area contributed by atoms with E-state index in [2.05, 4.69) is 22.2 Å². The maximum Gasteiger partial charge on any atom is 0.410 e. The van der Waals surface area contributed by atoms with Gasteiger partial charge in [0.25, 0.3) is 5.91 Å². The third-order valence-electron chi connectivity index (χ3n) is 10.6. The summed E-state index contributed by atoms with van der Waals surface area (Å²) in [6, 6.07) is 11.8. The number of ether oxygens (including phenoxy) is 2. The monoisotopic (exact) mass is 678 g/mol. The lowest BCUT2D eigenvalue weighted by molar-refractivity contribution is -0.143. The fourth-order valence-corrected chi connectivity index (χ4v) is 7.65. The molecule has 4 aliphatic rings. The van der Waals surface area contributed by atoms with Crippen LogP contribution in [-0.4, -0.2) is 139 Å². The molecule has 3 saturated heterocycles. The van der Waals surface area contributed by atoms with Gasteiger partial charge in [0.2, 0.25) is 0 Å². The van der Waals surface area contributed by atoms with Gasteiger partial charge in [-0.1, -0.05) is 31.7 Å². The average Bonchev–Trinajstić information content (AvgIpc) is 3.27. The number of carbonyl (C=O) groups excluding carboxylic acids is 3. The van der Waals surface area contributed by atoms with Gasteiger partial charge in [0.05, 0.1) is 7.11 Å². The van der Waals surface area contributed by atoms with Gasteiger partial charge in [-0.05, 0) is 88.0 Å². The fraction of sp³-hybridized carbons (Fsp3) is 0.595. The van der Waals surface area contributed by atoms with Gasteiger partial charge in [-0.25, -0.2) is 9.59 Å². The Hall–Kier alpha value is -4.03. The number of phenols is 1. The van der Waals surface area contributed by atoms with Crippen molar-refractivity contribution in [2.75, 3.05) is 78.4 Å². The normalized spacial score (nSPS) is 20.5. The van der Waals surface area contributed by atoms with Crippen LogP contribution in [0.25, 0.3) is 0 Å². The number of carbonyl (C=O) groups is 3. The Kier molecular flexibility index (Phi) is 11.9. The Morgan fingerprint density at radius 1 is 0.918 bits per heavy atom. The number of hydrogen-bond donors (Lipinski definition) is 2. The molecule has 0 aliphatic carbocycles. The van der Waals surface area contributed by atoms with E-state index in [0.717, 1.165) is 62.3 Å². The minimum atomic E-state index is -1.02. The van der Waals surface area contributed by atoms with E-state index in [1.54, 1.807) is 24.0 Å². The van der Waals surface area contributed by atoms with Gasteiger partial charge in [-0.15, -0.1) is 0 Å². The van der Waals surface area contributed by atoms with E-state index >= 15 is 0 Å². The van der Waals surface area contributed by atoms with Gasteiger partial charge in [0, 0.05) is 70.0 Å². The number of hydrogen-bond acceptors (Lipinski definition) is 8. The van der Waals surface area contributed by atoms with Crippen LogP contribution >= 0.6 is 0 Å². The highest BCUT2D eigenvalue weighted by atomic mass is 16.6. The van der Waals surface area contributed by atoms with Crippen molar-refractivity contribution < 1.29 is 29.0 Å². The number of methoxy groups -OCH3 is 1. The lowest BCUT2D eigenvalue weighted by atomic mass is 10.0. The number of nitrogens with one attached hydrogen (secondary N) is 1. The number of para-hydroxylation sites is 1. The lowest BCUT2D eigenvalue weighted by Gasteiger charge is -2.42. The van der Waals surface area contributed by atoms with Crippen LogP contribution < -0.4 is 10.1 Å². The molecule has 1 atom stereocenters. The van der Waals surface area contributed by atoms with E-state index in [1.165, 1.54) is 7.11 Å². The summed E-state index contributed by atoms with van der Waals surface area (Å²) in [6.45, 7) is 8.22. The Morgan fingerprint density at radius 3 is 2.29 bits per heavy atom. The molecule has 0 radical (unpaired) electrons. The number of anilines is 1. The molecule has 3 fully saturated rings. The van der Waals surface area contributed by atoms with Gasteiger partial charge >= 0.3 is 12.1 Å². The molecule has 4 heterocycles. The highest BCUT2D eigenvalue weighted by Crippen LogP contribution is 2.32. The first-order valence-electron chi connectivity index (χ1n) is 17.4. The molecule has 4 amide bonds. The van der Waals surface area contributed by atoms with Crippen molar-refractivity contribution in [1.82, 2.24) is 24.5 Å². The van der Waals surface area contributed by atoms with Gasteiger partial charge in [0.1, 0.15) is 0 Å². The van der Waals surface area contributed by atoms with Crippen molar-refractivity contribution in [2.24, 2.45) is 0 Å². The molecule has 0 aromatic heterocycles. The zero-order valence-electron chi connectivity index (χ0n) is 28.5. The highest BCUT2D eigenvalue weighted by molar-refractivity contribution is 5.91. The Bertz CT molecular complexity index is 1460. The first kappa shape index (κ1) is 36.3. The van der Waals surface area contributed by atoms with Crippen LogP contribution in [0.3, 0.4) is 0 Å². The first-order chi connectivity index (χ1) is 23.2. The number of rotatable bonds is 7. The smallest absolute Gasteiger partial charge is 0.410 e. The number of amides is 4. The second-order valence-electron chi connectivity index (χ2n) is 13.7. The summed E-state index contributed by atoms with van der Waals surface area (Å²) in [5, 5.41) is 13.4. The number of piperazine rings is 1. The lowest BCUT2D eigenvalue weighted by Crippen LogP contribution is -2.56. The van der Waals surface area contributed by atoms with E-state index in [4.69, 9.17) is 9.47 Å². The number of fused-ring (bicyclic) bond motifs is 1. The van der Waals surface area contributed by atoms with Crippen LogP contribution in [0, 0.1) is 6.92 Å². The van der Waals surface area contributed by atoms with Crippen LogP contribution in [0.4, 0.5) is 15.3 Å². The largest absolute Gasteiger partial charge is 0.504 e. The van der Waals surface area contributed by atoms with Crippen LogP contribution in [0.15, 0.2) is 36.4 Å². The summed E-state index contributed by atoms with van der Waals surface area (Å²) in [4.78, 5) is 51.0. The van der Waals surface area contributed by atoms with Crippen LogP contribution in [0.2, 0.25) is 0 Å². The van der Waals surface area contributed by atoms with Crippen molar-refractivity contribution in [3.05, 3.63) is 53.1 Å². The summed E-state index contributed by atoms with van der Waals surface area (Å²) in [5.41, 5.74) is 3.34. The molecular weight excluding hydrogens is 624 g/mol. The van der Waals surface area contributed by atoms with Crippen molar-refractivity contribution in [1.29, 1.82) is 0 Å². The Morgan fingerprint density at radius 2 is 1.59 bits per heavy atom. The highest BCUT2D eigenvalue weighted by Gasteiger charge is 2.36. The molecule has 0 bridgehead atoms. The zero-order valence-corrected chi connectivity index (χ0v) is 28.5. The standard InChI is InChI=1S/C36H50N6O6.CH4/c1-25-22-26(23-31(47-3)33(25)43)24-32(34(44)40-20-18-39(19-21-40)28-9-13-38(2)14-10-28)48-36(46)41-15-11-29(12-16-41)42-17-8-27-6-4-5-7-30(27)37-35(42)45;/h4-7,22-23,28-29,32,43H,8-21,24H2,1-3H3,(H,37,45);1H4/t32-;/m1./s1. The van der Waals surface area contributed by atoms with Crippen molar-refractivity contribution in [3.63, 3.8) is 0 Å². The SMILES string of the molecule is C.COc1cc(C[C@@H](OC(=O)N2CCC(N3CCc4ccccc4NC3=O)CC2)C(=O)N2CCN(C3CCN(C)CC3)CC2)cc(C)c1O. The number of aryl methyl sites for hydroxylation is 1. The van der Waals surface area contributed by atoms with E-state index in [1.807, 2.05) is 34.1 Å². The summed E-state index contributed by atoms with van der Waals surface area (Å²) < 4.78 is 11.4. The number of urea groups is 1. The van der Waals surface area contributed by atoms with E-state index in [9.17, 15) is 19.5 Å². The van der Waals surface area contributed by atoms with Crippen molar-refractivity contribution in [2.45, 2.75) is 71.1 Å². The third-order valence-corrected chi connectivity index (χ3v) is 10.6. The molecule has 49 heavy (non-hydrogen) atoms. The second kappa shape index (κ2) is 16.1. The molecule has 2 aromatic rings. The second-order valence-corrected chi connectivity index (χ2v) is 13.7. The van der Waals surface area contributed by atoms with Crippen molar-refractivity contribution in [3.8, 4) is 11.5 Å². The average molecular weight is 679 g/mol. The summed E-state index contributed by atoms with van der Waals surface area (Å²) in [7, 11) is 3.65. The van der Waals surface area contributed by atoms with Crippen molar-refractivity contribution >= 4 is 23.7 Å². The molecule has 12 nitrogen and oxygen atoms in total. The van der Waals surface area contributed by atoms with Crippen LogP contribution in [0.1, 0.15) is 49.8 Å². The number of phenolic OH excluding ortho intramolecular Hbond substituents is 1. The molecule has 268 valence electrons. The maximum absolute atomic E-state index is 14.0. The zero-order chi connectivity index (χ0) is 33.8. The number of benzene rings is 2. The molecule has 0 spiro atoms. The predicted octanol–water partition coefficient (Wildman–Crippen LogP) is 4.19. The Balaban J connectivity index is 0.00000468. The molecule has 2 aromatic carbocycles. The van der Waals surface area contributed by atoms with E-state index in [0.29, 0.717) is 62.9 Å². The van der Waals surface area contributed by atoms with Crippen LogP contribution in [-0.2, 0) is 22.4 Å². The number of aromatic hydroxyl groups is 1. The number of nitrogens with zero attached hydrogens (tertiary/aromatic N) is 5. The third kappa shape index (κ3) is 8.41. The quantitative estimate of drug-likeness (QED) is 0.448. The minimum Gasteiger partial charge on any atom is -0.504 e. The summed E-state index contributed by atoms with van der Waals surface area (Å²) in [6.07, 6.45) is 2.94. The van der Waals surface area contributed by atoms with E-state index < -0.39 is 12.2 Å². The molecule has 0 unspecified atom stereocenters. The summed E-state index contributed by atoms with van der Waals surface area (Å²) >= 11 is 0. The first-order valence-corrected chi connectivity index (χ1v) is 17.4. The minimum absolute atomic E-state index is 0. The molecule has 2 N–H and O–H groups in total. The number of likely N-dealkylation sites (tertiary alicyclic amines) is 2. The summed E-state index contributed by atoms with van der Waals surface area (Å²) in [5.74, 6) is 0.166. The number of piperidine rings is 2. The molecular formula is C37H54N6O6. The Labute approximate surface area is 290 Å².